The maximum Gasteiger partial charge on any atom is 0.231 e. The molecule has 4 rings (SSSR count). The van der Waals surface area contributed by atoms with Crippen molar-refractivity contribution in [2.45, 2.75) is 6.92 Å². The van der Waals surface area contributed by atoms with E-state index in [0.717, 1.165) is 25.9 Å². The molecular weight excluding hydrogens is 364 g/mol. The molecule has 0 saturated carbocycles. The quantitative estimate of drug-likeness (QED) is 0.304. The molecule has 128 valence electrons. The zero-order valence-electron chi connectivity index (χ0n) is 13.8. The third kappa shape index (κ3) is 3.81. The fourth-order valence-corrected chi connectivity index (χ4v) is 4.01. The maximum absolute atomic E-state index is 5.66. The summed E-state index contributed by atoms with van der Waals surface area (Å²) in [6.07, 6.45) is 0. The summed E-state index contributed by atoms with van der Waals surface area (Å²) in [5.74, 6) is 0. The number of thiazole rings is 1. The topological polar surface area (TPSA) is 88.3 Å². The van der Waals surface area contributed by atoms with Gasteiger partial charge in [-0.2, -0.15) is 0 Å². The van der Waals surface area contributed by atoms with E-state index in [0.29, 0.717) is 10.8 Å². The Morgan fingerprint density at radius 1 is 0.808 bits per heavy atom. The van der Waals surface area contributed by atoms with Crippen molar-refractivity contribution in [1.82, 2.24) is 4.98 Å². The van der Waals surface area contributed by atoms with Crippen LogP contribution < -0.4 is 5.73 Å². The molecule has 0 radical (unpaired) electrons. The molecule has 2 aromatic heterocycles. The zero-order chi connectivity index (χ0) is 17.9. The summed E-state index contributed by atoms with van der Waals surface area (Å²) in [5.41, 5.74) is 9.13. The van der Waals surface area contributed by atoms with Gasteiger partial charge in [0, 0.05) is 5.69 Å². The first-order valence-electron chi connectivity index (χ1n) is 7.82. The van der Waals surface area contributed by atoms with Gasteiger partial charge in [0.2, 0.25) is 5.13 Å². The molecular formula is C18H14N6S2. The van der Waals surface area contributed by atoms with E-state index in [1.807, 2.05) is 49.4 Å². The average Bonchev–Trinajstić information content (AvgIpc) is 3.19. The molecule has 0 aliphatic carbocycles. The van der Waals surface area contributed by atoms with Gasteiger partial charge in [-0.25, -0.2) is 4.98 Å². The summed E-state index contributed by atoms with van der Waals surface area (Å²) >= 11 is 2.96. The highest BCUT2D eigenvalue weighted by Gasteiger charge is 2.08. The molecule has 0 spiro atoms. The summed E-state index contributed by atoms with van der Waals surface area (Å²) in [6.45, 7) is 2.04. The number of thiophene rings is 1. The van der Waals surface area contributed by atoms with E-state index in [9.17, 15) is 0 Å². The van der Waals surface area contributed by atoms with Crippen LogP contribution in [0.1, 0.15) is 5.56 Å². The van der Waals surface area contributed by atoms with Gasteiger partial charge < -0.3 is 5.73 Å². The molecule has 0 aliphatic heterocycles. The summed E-state index contributed by atoms with van der Waals surface area (Å²) in [5, 5.41) is 18.4. The highest BCUT2D eigenvalue weighted by atomic mass is 32.1. The molecule has 26 heavy (non-hydrogen) atoms. The van der Waals surface area contributed by atoms with E-state index < -0.39 is 0 Å². The van der Waals surface area contributed by atoms with Crippen molar-refractivity contribution in [3.63, 3.8) is 0 Å². The van der Waals surface area contributed by atoms with Gasteiger partial charge >= 0.3 is 0 Å². The van der Waals surface area contributed by atoms with Gasteiger partial charge in [0.15, 0.2) is 0 Å². The Morgan fingerprint density at radius 2 is 1.46 bits per heavy atom. The lowest BCUT2D eigenvalue weighted by molar-refractivity contribution is 1.21. The van der Waals surface area contributed by atoms with E-state index in [4.69, 9.17) is 5.73 Å². The molecule has 6 nitrogen and oxygen atoms in total. The van der Waals surface area contributed by atoms with Crippen molar-refractivity contribution >= 4 is 59.4 Å². The first-order valence-corrected chi connectivity index (χ1v) is 9.45. The Bertz CT molecular complexity index is 975. The fourth-order valence-electron chi connectivity index (χ4n) is 2.16. The lowest BCUT2D eigenvalue weighted by Crippen LogP contribution is -1.80. The van der Waals surface area contributed by atoms with E-state index in [1.54, 1.807) is 12.1 Å². The maximum atomic E-state index is 5.66. The number of benzene rings is 2. The standard InChI is InChI=1S/C18H14N6S2/c1-11-2-6-13(7-3-11)21-23-16-10-15-17(26-16)20-18(25-15)24-22-14-8-4-12(19)5-9-14/h2-10H,19H2,1H3. The summed E-state index contributed by atoms with van der Waals surface area (Å²) in [7, 11) is 0. The van der Waals surface area contributed by atoms with Crippen molar-refractivity contribution in [1.29, 1.82) is 0 Å². The van der Waals surface area contributed by atoms with Crippen LogP contribution in [0.15, 0.2) is 75.1 Å². The zero-order valence-corrected chi connectivity index (χ0v) is 15.5. The monoisotopic (exact) mass is 378 g/mol. The van der Waals surface area contributed by atoms with Crippen LogP contribution in [0, 0.1) is 6.92 Å². The van der Waals surface area contributed by atoms with Gasteiger partial charge in [0.05, 0.1) is 16.1 Å². The van der Waals surface area contributed by atoms with Crippen molar-refractivity contribution in [2.75, 3.05) is 5.73 Å². The van der Waals surface area contributed by atoms with Crippen molar-refractivity contribution in [3.05, 3.63) is 60.2 Å². The first-order chi connectivity index (χ1) is 12.7. The Kier molecular flexibility index (Phi) is 4.51. The number of nitrogens with zero attached hydrogens (tertiary/aromatic N) is 5. The van der Waals surface area contributed by atoms with Crippen LogP contribution in [0.3, 0.4) is 0 Å². The molecule has 0 aliphatic rings. The number of nitrogens with two attached hydrogens (primary N) is 1. The molecule has 0 saturated heterocycles. The van der Waals surface area contributed by atoms with Crippen LogP contribution in [-0.2, 0) is 0 Å². The third-order valence-corrected chi connectivity index (χ3v) is 5.44. The molecule has 2 N–H and O–H groups in total. The number of rotatable bonds is 4. The van der Waals surface area contributed by atoms with Crippen molar-refractivity contribution < 1.29 is 0 Å². The lowest BCUT2D eigenvalue weighted by Gasteiger charge is -1.92. The predicted molar refractivity (Wildman–Crippen MR) is 108 cm³/mol. The normalized spacial score (nSPS) is 11.9. The average molecular weight is 378 g/mol. The smallest absolute Gasteiger partial charge is 0.231 e. The van der Waals surface area contributed by atoms with Gasteiger partial charge in [-0.05, 0) is 49.4 Å². The lowest BCUT2D eigenvalue weighted by atomic mass is 10.2. The SMILES string of the molecule is Cc1ccc(N=Nc2cc3sc(N=Nc4ccc(N)cc4)nc3s2)cc1. The van der Waals surface area contributed by atoms with E-state index in [1.165, 1.54) is 28.2 Å². The molecule has 0 unspecified atom stereocenters. The summed E-state index contributed by atoms with van der Waals surface area (Å²) in [4.78, 5) is 5.37. The Labute approximate surface area is 157 Å². The molecule has 2 aromatic carbocycles. The molecule has 4 aromatic rings. The fraction of sp³-hybridized carbons (Fsp3) is 0.0556. The van der Waals surface area contributed by atoms with Gasteiger partial charge in [-0.3, -0.25) is 0 Å². The number of azo groups is 2. The van der Waals surface area contributed by atoms with Crippen LogP contribution in [0.4, 0.5) is 27.2 Å². The number of aryl methyl sites for hydroxylation is 1. The predicted octanol–water partition coefficient (Wildman–Crippen LogP) is 7.08. The second-order valence-electron chi connectivity index (χ2n) is 5.58. The van der Waals surface area contributed by atoms with Crippen LogP contribution in [-0.4, -0.2) is 4.98 Å². The summed E-state index contributed by atoms with van der Waals surface area (Å²) in [6, 6.07) is 17.1. The van der Waals surface area contributed by atoms with Crippen LogP contribution in [0.25, 0.3) is 9.53 Å². The van der Waals surface area contributed by atoms with Crippen LogP contribution >= 0.6 is 22.7 Å². The minimum atomic E-state index is 0.616. The molecule has 0 amide bonds. The Morgan fingerprint density at radius 3 is 2.15 bits per heavy atom. The van der Waals surface area contributed by atoms with E-state index in [-0.39, 0.29) is 0 Å². The Hall–Kier alpha value is -2.97. The highest BCUT2D eigenvalue weighted by molar-refractivity contribution is 7.30. The Balaban J connectivity index is 1.50. The molecule has 0 atom stereocenters. The number of fused-ring (bicyclic) bond motifs is 1. The van der Waals surface area contributed by atoms with Gasteiger partial charge in [-0.15, -0.1) is 20.5 Å². The molecule has 8 heteroatoms. The largest absolute Gasteiger partial charge is 0.399 e. The first kappa shape index (κ1) is 16.5. The van der Waals surface area contributed by atoms with E-state index in [2.05, 4.69) is 25.4 Å². The number of aromatic nitrogens is 1. The second-order valence-corrected chi connectivity index (χ2v) is 7.60. The van der Waals surface area contributed by atoms with Crippen molar-refractivity contribution in [3.8, 4) is 0 Å². The molecule has 2 heterocycles. The molecule has 0 fully saturated rings. The van der Waals surface area contributed by atoms with Gasteiger partial charge in [0.1, 0.15) is 9.83 Å². The number of nitrogen functional groups attached to an aromatic ring is 1. The minimum absolute atomic E-state index is 0.616. The van der Waals surface area contributed by atoms with Gasteiger partial charge in [-0.1, -0.05) is 40.4 Å². The molecule has 0 bridgehead atoms. The van der Waals surface area contributed by atoms with Crippen molar-refractivity contribution in [2.24, 2.45) is 20.5 Å². The third-order valence-electron chi connectivity index (χ3n) is 3.51. The number of hydrogen-bond acceptors (Lipinski definition) is 8. The highest BCUT2D eigenvalue weighted by Crippen LogP contribution is 2.39. The van der Waals surface area contributed by atoms with Crippen LogP contribution in [0.5, 0.6) is 0 Å². The van der Waals surface area contributed by atoms with E-state index >= 15 is 0 Å². The number of hydrogen-bond donors (Lipinski definition) is 1. The number of anilines is 1. The van der Waals surface area contributed by atoms with Crippen LogP contribution in [0.2, 0.25) is 0 Å². The second kappa shape index (κ2) is 7.11. The van der Waals surface area contributed by atoms with Gasteiger partial charge in [0.25, 0.3) is 0 Å². The minimum Gasteiger partial charge on any atom is -0.399 e. The summed E-state index contributed by atoms with van der Waals surface area (Å²) < 4.78 is 1.03.